The maximum Gasteiger partial charge on any atom is 0.0649 e. The van der Waals surface area contributed by atoms with Gasteiger partial charge in [0.05, 0.1) is 17.6 Å². The van der Waals surface area contributed by atoms with Gasteiger partial charge in [-0.2, -0.15) is 5.10 Å². The van der Waals surface area contributed by atoms with Gasteiger partial charge in [0, 0.05) is 5.56 Å². The summed E-state index contributed by atoms with van der Waals surface area (Å²) >= 11 is 0. The lowest BCUT2D eigenvalue weighted by Gasteiger charge is -2.20. The molecule has 140 valence electrons. The predicted molar refractivity (Wildman–Crippen MR) is 118 cm³/mol. The summed E-state index contributed by atoms with van der Waals surface area (Å²) in [5.74, 6) is 0. The number of nitrogens with zero attached hydrogens (tertiary/aromatic N) is 2. The fourth-order valence-corrected chi connectivity index (χ4v) is 3.55. The fourth-order valence-electron chi connectivity index (χ4n) is 3.55. The first-order valence-electron chi connectivity index (χ1n) is 9.79. The van der Waals surface area contributed by atoms with Crippen LogP contribution in [0.1, 0.15) is 26.5 Å². The molecule has 28 heavy (non-hydrogen) atoms. The topological polar surface area (TPSA) is 17.8 Å². The molecule has 0 atom stereocenters. The van der Waals surface area contributed by atoms with E-state index in [-0.39, 0.29) is 5.41 Å². The van der Waals surface area contributed by atoms with Crippen molar-refractivity contribution in [3.63, 3.8) is 0 Å². The molecular formula is C26H26N2. The van der Waals surface area contributed by atoms with Gasteiger partial charge in [0.1, 0.15) is 0 Å². The first-order chi connectivity index (χ1) is 13.5. The highest BCUT2D eigenvalue weighted by Gasteiger charge is 2.20. The summed E-state index contributed by atoms with van der Waals surface area (Å²) < 4.78 is 2.09. The van der Waals surface area contributed by atoms with Gasteiger partial charge < -0.3 is 0 Å². The van der Waals surface area contributed by atoms with E-state index in [1.165, 1.54) is 27.9 Å². The Kier molecular flexibility index (Phi) is 4.87. The summed E-state index contributed by atoms with van der Waals surface area (Å²) in [7, 11) is 0. The number of hydrogen-bond acceptors (Lipinski definition) is 1. The molecule has 0 unspecified atom stereocenters. The van der Waals surface area contributed by atoms with Gasteiger partial charge in [-0.05, 0) is 40.7 Å². The van der Waals surface area contributed by atoms with Gasteiger partial charge in [0.15, 0.2) is 0 Å². The van der Waals surface area contributed by atoms with Crippen LogP contribution in [-0.4, -0.2) is 9.78 Å². The van der Waals surface area contributed by atoms with Crippen LogP contribution >= 0.6 is 0 Å². The SMILES string of the molecule is CC(C)(C)Cc1c(-c2ccc(-c3ccccc3)cc2)cnn1-c1ccccc1. The minimum absolute atomic E-state index is 0.172. The molecule has 0 N–H and O–H groups in total. The van der Waals surface area contributed by atoms with Crippen LogP contribution < -0.4 is 0 Å². The van der Waals surface area contributed by atoms with Crippen LogP contribution in [0.5, 0.6) is 0 Å². The highest BCUT2D eigenvalue weighted by Crippen LogP contribution is 2.32. The third-order valence-electron chi connectivity index (χ3n) is 4.87. The van der Waals surface area contributed by atoms with E-state index in [1.54, 1.807) is 0 Å². The molecule has 0 fully saturated rings. The van der Waals surface area contributed by atoms with Gasteiger partial charge in [-0.15, -0.1) is 0 Å². The van der Waals surface area contributed by atoms with Crippen LogP contribution in [0.25, 0.3) is 27.9 Å². The Bertz CT molecular complexity index is 1040. The molecular weight excluding hydrogens is 340 g/mol. The number of hydrogen-bond donors (Lipinski definition) is 0. The van der Waals surface area contributed by atoms with Crippen molar-refractivity contribution in [1.82, 2.24) is 9.78 Å². The van der Waals surface area contributed by atoms with E-state index in [1.807, 2.05) is 12.3 Å². The second-order valence-electron chi connectivity index (χ2n) is 8.43. The maximum absolute atomic E-state index is 4.74. The second-order valence-corrected chi connectivity index (χ2v) is 8.43. The zero-order chi connectivity index (χ0) is 19.6. The molecule has 1 heterocycles. The van der Waals surface area contributed by atoms with E-state index in [4.69, 9.17) is 5.10 Å². The minimum atomic E-state index is 0.172. The molecule has 3 aromatic carbocycles. The lowest BCUT2D eigenvalue weighted by molar-refractivity contribution is 0.402. The lowest BCUT2D eigenvalue weighted by atomic mass is 9.88. The summed E-state index contributed by atoms with van der Waals surface area (Å²) in [6.45, 7) is 6.83. The Morgan fingerprint density at radius 2 is 1.21 bits per heavy atom. The van der Waals surface area contributed by atoms with E-state index < -0.39 is 0 Å². The summed E-state index contributed by atoms with van der Waals surface area (Å²) in [6.07, 6.45) is 2.96. The van der Waals surface area contributed by atoms with Crippen LogP contribution in [0.3, 0.4) is 0 Å². The average Bonchev–Trinajstić information content (AvgIpc) is 3.11. The Morgan fingerprint density at radius 1 is 0.679 bits per heavy atom. The van der Waals surface area contributed by atoms with Crippen molar-refractivity contribution < 1.29 is 0 Å². The highest BCUT2D eigenvalue weighted by atomic mass is 15.3. The van der Waals surface area contributed by atoms with E-state index >= 15 is 0 Å². The molecule has 0 radical (unpaired) electrons. The van der Waals surface area contributed by atoms with E-state index in [0.717, 1.165) is 12.1 Å². The van der Waals surface area contributed by atoms with Gasteiger partial charge in [0.2, 0.25) is 0 Å². The lowest BCUT2D eigenvalue weighted by Crippen LogP contribution is -2.14. The second kappa shape index (κ2) is 7.47. The van der Waals surface area contributed by atoms with Gasteiger partial charge in [-0.3, -0.25) is 0 Å². The van der Waals surface area contributed by atoms with Gasteiger partial charge in [-0.25, -0.2) is 4.68 Å². The predicted octanol–water partition coefficient (Wildman–Crippen LogP) is 6.79. The quantitative estimate of drug-likeness (QED) is 0.388. The molecule has 0 spiro atoms. The summed E-state index contributed by atoms with van der Waals surface area (Å²) in [5.41, 5.74) is 7.42. The monoisotopic (exact) mass is 366 g/mol. The molecule has 0 amide bonds. The smallest absolute Gasteiger partial charge is 0.0649 e. The van der Waals surface area contributed by atoms with Crippen molar-refractivity contribution in [2.75, 3.05) is 0 Å². The van der Waals surface area contributed by atoms with E-state index in [9.17, 15) is 0 Å². The van der Waals surface area contributed by atoms with E-state index in [0.29, 0.717) is 0 Å². The van der Waals surface area contributed by atoms with Gasteiger partial charge in [0.25, 0.3) is 0 Å². The number of para-hydroxylation sites is 1. The summed E-state index contributed by atoms with van der Waals surface area (Å²) in [4.78, 5) is 0. The molecule has 0 aliphatic rings. The minimum Gasteiger partial charge on any atom is -0.237 e. The van der Waals surface area contributed by atoms with Crippen molar-refractivity contribution in [2.24, 2.45) is 5.41 Å². The number of aromatic nitrogens is 2. The molecule has 0 bridgehead atoms. The molecule has 0 aliphatic heterocycles. The summed E-state index contributed by atoms with van der Waals surface area (Å²) in [5, 5.41) is 4.74. The van der Waals surface area contributed by atoms with Gasteiger partial charge in [-0.1, -0.05) is 93.6 Å². The number of rotatable bonds is 4. The van der Waals surface area contributed by atoms with E-state index in [2.05, 4.69) is 104 Å². The zero-order valence-electron chi connectivity index (χ0n) is 16.8. The van der Waals surface area contributed by atoms with Crippen LogP contribution in [0.15, 0.2) is 91.1 Å². The van der Waals surface area contributed by atoms with Crippen molar-refractivity contribution >= 4 is 0 Å². The normalized spacial score (nSPS) is 11.5. The Labute approximate surface area is 167 Å². The first-order valence-corrected chi connectivity index (χ1v) is 9.79. The third-order valence-corrected chi connectivity index (χ3v) is 4.87. The summed E-state index contributed by atoms with van der Waals surface area (Å²) in [6, 6.07) is 29.7. The van der Waals surface area contributed by atoms with Crippen LogP contribution in [0.2, 0.25) is 0 Å². The molecule has 0 saturated carbocycles. The van der Waals surface area contributed by atoms with Gasteiger partial charge >= 0.3 is 0 Å². The fraction of sp³-hybridized carbons (Fsp3) is 0.192. The number of benzene rings is 3. The van der Waals surface area contributed by atoms with Crippen molar-refractivity contribution in [1.29, 1.82) is 0 Å². The molecule has 1 aromatic heterocycles. The average molecular weight is 367 g/mol. The molecule has 4 aromatic rings. The van der Waals surface area contributed by atoms with Crippen molar-refractivity contribution in [2.45, 2.75) is 27.2 Å². The van der Waals surface area contributed by atoms with Crippen LogP contribution in [0, 0.1) is 5.41 Å². The highest BCUT2D eigenvalue weighted by molar-refractivity contribution is 5.71. The zero-order valence-corrected chi connectivity index (χ0v) is 16.8. The molecule has 2 heteroatoms. The molecule has 0 saturated heterocycles. The Morgan fingerprint density at radius 3 is 1.82 bits per heavy atom. The molecule has 0 aliphatic carbocycles. The standard InChI is InChI=1S/C26H26N2/c1-26(2,3)18-25-24(19-27-28(25)23-12-8-5-9-13-23)22-16-14-21(15-17-22)20-10-6-4-7-11-20/h4-17,19H,18H2,1-3H3. The maximum atomic E-state index is 4.74. The van der Waals surface area contributed by atoms with Crippen molar-refractivity contribution in [3.05, 3.63) is 96.8 Å². The first kappa shape index (κ1) is 18.2. The third kappa shape index (κ3) is 3.91. The largest absolute Gasteiger partial charge is 0.237 e. The molecule has 2 nitrogen and oxygen atoms in total. The Hall–Kier alpha value is -3.13. The molecule has 4 rings (SSSR count). The van der Waals surface area contributed by atoms with Crippen LogP contribution in [-0.2, 0) is 6.42 Å². The van der Waals surface area contributed by atoms with Crippen molar-refractivity contribution in [3.8, 4) is 27.9 Å². The Balaban J connectivity index is 1.76. The van der Waals surface area contributed by atoms with Crippen LogP contribution in [0.4, 0.5) is 0 Å².